The molecular weight excluding hydrogens is 1660 g/mol. The summed E-state index contributed by atoms with van der Waals surface area (Å²) in [7, 11) is -6.57. The Hall–Kier alpha value is -13.0. The smallest absolute Gasteiger partial charge is 0.307 e. The fourth-order valence-electron chi connectivity index (χ4n) is 9.04. The number of aromatic hydroxyl groups is 1. The highest BCUT2D eigenvalue weighted by Gasteiger charge is 2.22. The van der Waals surface area contributed by atoms with Crippen molar-refractivity contribution in [2.24, 2.45) is 0 Å². The number of nitrogens with two attached hydrogens (primary N) is 3. The van der Waals surface area contributed by atoms with Gasteiger partial charge in [-0.2, -0.15) is 0 Å². The van der Waals surface area contributed by atoms with Gasteiger partial charge in [0.05, 0.1) is 82.9 Å². The number of rotatable bonds is 24. The molecule has 11 aromatic carbocycles. The Bertz CT molecular complexity index is 5690. The first kappa shape index (κ1) is 89.9. The standard InChI is InChI=1S/C20H15ClN2O7S.C20H17ClN2O5S.C14H12N2O5.C8H8O3.C6H4Cl2O2S.C6H5ClN2O2/c21-14-4-7-17(8-5-14)31(28,29)22-18-12-15(23(26)27)6-9-19(18)30-16-3-1-2-13(10-16)11-20(24)25;21-14-4-7-17(8-5-14)29(26,27)23-18-12-15(22)6-9-19(18)28-16-3-1-2-13(10-16)11-20(24)25;15-12-8-10(16(19)20)4-5-13(12)21-11-3-1-2-9(6-11)7-14(17)18;9-7-3-1-2-6(4-7)5-8(10)11;7-5-1-3-6(4-2-5)11(8,9)10;7-5-2-1-4(9(10)11)3-6(5)8/h1-10,12,22H,11H2,(H,24,25);1-10,12,23H,11,22H2,(H,24,25);1-6,8H,7,15H2,(H,17,18);1-4,9H,5H2,(H,10,11);1-4H;1-3H,8H2. The molecule has 0 aromatic heterocycles. The Labute approximate surface area is 672 Å². The molecule has 0 unspecified atom stereocenters. The van der Waals surface area contributed by atoms with Crippen molar-refractivity contribution >= 4 is 156 Å². The number of carboxylic acid groups (broad SMARTS) is 4. The fraction of sp³-hybridized carbons (Fsp3) is 0.0541. The number of nitrogens with zero attached hydrogens (tertiary/aromatic N) is 3. The number of phenols is 1. The normalized spacial score (nSPS) is 10.6. The van der Waals surface area contributed by atoms with E-state index in [-0.39, 0.29) is 109 Å². The van der Waals surface area contributed by atoms with E-state index in [0.717, 1.165) is 12.1 Å². The molecule has 0 aliphatic heterocycles. The summed E-state index contributed by atoms with van der Waals surface area (Å²) in [6.45, 7) is 0. The van der Waals surface area contributed by atoms with E-state index in [1.165, 1.54) is 146 Å². The van der Waals surface area contributed by atoms with Crippen LogP contribution in [0, 0.1) is 30.3 Å². The summed E-state index contributed by atoms with van der Waals surface area (Å²) in [6.07, 6.45) is -0.552. The number of aliphatic carboxylic acids is 4. The van der Waals surface area contributed by atoms with Gasteiger partial charge in [-0.05, 0) is 180 Å². The first-order valence-corrected chi connectivity index (χ1v) is 38.5. The topological polar surface area (TPSA) is 531 Å². The molecule has 0 radical (unpaired) electrons. The largest absolute Gasteiger partial charge is 0.508 e. The summed E-state index contributed by atoms with van der Waals surface area (Å²) in [5, 5.41) is 77.5. The van der Waals surface area contributed by atoms with Crippen LogP contribution in [0.3, 0.4) is 0 Å². The summed E-state index contributed by atoms with van der Waals surface area (Å²) in [5.41, 5.74) is 19.2. The summed E-state index contributed by atoms with van der Waals surface area (Å²) < 4.78 is 93.9. The number of nitro benzene ring substituents is 3. The molecule has 0 spiro atoms. The molecule has 40 heteroatoms. The molecule has 11 aromatic rings. The van der Waals surface area contributed by atoms with Crippen LogP contribution in [0.4, 0.5) is 45.5 Å². The molecule has 0 atom stereocenters. The zero-order valence-electron chi connectivity index (χ0n) is 58.1. The minimum absolute atomic E-state index is 0.00406. The second-order valence-corrected chi connectivity index (χ2v) is 30.5. The number of nitro groups is 3. The van der Waals surface area contributed by atoms with Gasteiger partial charge in [0.15, 0.2) is 17.2 Å². The van der Waals surface area contributed by atoms with Crippen LogP contribution in [0.15, 0.2) is 257 Å². The van der Waals surface area contributed by atoms with Gasteiger partial charge in [-0.3, -0.25) is 59.0 Å². The number of carboxylic acids is 4. The molecule has 32 nitrogen and oxygen atoms in total. The van der Waals surface area contributed by atoms with Crippen LogP contribution in [0.2, 0.25) is 20.1 Å². The van der Waals surface area contributed by atoms with E-state index >= 15 is 0 Å². The van der Waals surface area contributed by atoms with E-state index in [9.17, 15) is 74.8 Å². The second kappa shape index (κ2) is 41.9. The van der Waals surface area contributed by atoms with E-state index < -0.39 is 67.7 Å². The molecule has 11 rings (SSSR count). The quantitative estimate of drug-likeness (QED) is 0.0116. The third-order valence-electron chi connectivity index (χ3n) is 14.1. The van der Waals surface area contributed by atoms with Crippen LogP contribution in [0.5, 0.6) is 40.2 Å². The van der Waals surface area contributed by atoms with Gasteiger partial charge in [0.25, 0.3) is 46.2 Å². The molecule has 0 bridgehead atoms. The number of hydrogen-bond acceptors (Lipinski definition) is 23. The van der Waals surface area contributed by atoms with Crippen LogP contribution < -0.4 is 40.9 Å². The number of nitrogens with one attached hydrogen (secondary N) is 2. The van der Waals surface area contributed by atoms with Gasteiger partial charge in [0, 0.05) is 67.8 Å². The average molecular weight is 1720 g/mol. The van der Waals surface area contributed by atoms with Gasteiger partial charge in [0.2, 0.25) is 0 Å². The van der Waals surface area contributed by atoms with E-state index in [2.05, 4.69) is 9.44 Å². The van der Waals surface area contributed by atoms with Gasteiger partial charge in [0.1, 0.15) is 23.0 Å². The number of non-ortho nitro benzene ring substituents is 3. The number of halogens is 5. The number of ether oxygens (including phenoxy) is 3. The van der Waals surface area contributed by atoms with E-state index in [1.54, 1.807) is 84.9 Å². The second-order valence-electron chi connectivity index (χ2n) is 22.8. The average Bonchev–Trinajstić information content (AvgIpc) is 0.799. The lowest BCUT2D eigenvalue weighted by Crippen LogP contribution is -2.13. The number of benzene rings is 11. The van der Waals surface area contributed by atoms with Crippen LogP contribution in [0.1, 0.15) is 22.3 Å². The summed E-state index contributed by atoms with van der Waals surface area (Å²) in [6, 6.07) is 58.0. The molecule has 0 heterocycles. The minimum atomic E-state index is -4.10. The molecule has 114 heavy (non-hydrogen) atoms. The number of phenolic OH excluding ortho intramolecular Hbond substituents is 1. The van der Waals surface area contributed by atoms with Crippen molar-refractivity contribution in [3.05, 3.63) is 315 Å². The van der Waals surface area contributed by atoms with E-state index in [4.69, 9.17) is 114 Å². The van der Waals surface area contributed by atoms with E-state index in [0.29, 0.717) is 59.5 Å². The molecule has 0 saturated carbocycles. The van der Waals surface area contributed by atoms with Gasteiger partial charge >= 0.3 is 23.9 Å². The predicted octanol–water partition coefficient (Wildman–Crippen LogP) is 16.3. The number of anilines is 5. The van der Waals surface area contributed by atoms with Crippen molar-refractivity contribution in [1.29, 1.82) is 0 Å². The Morgan fingerprint density at radius 3 is 1.04 bits per heavy atom. The maximum absolute atomic E-state index is 12.7. The molecule has 0 fully saturated rings. The highest BCUT2D eigenvalue weighted by atomic mass is 35.7. The van der Waals surface area contributed by atoms with Gasteiger partial charge in [-0.1, -0.05) is 94.9 Å². The lowest BCUT2D eigenvalue weighted by Gasteiger charge is -2.15. The number of nitrogen functional groups attached to an aromatic ring is 3. The summed E-state index contributed by atoms with van der Waals surface area (Å²) >= 11 is 22.7. The Kier molecular flexibility index (Phi) is 33.0. The van der Waals surface area contributed by atoms with E-state index in [1.807, 2.05) is 0 Å². The molecule has 13 N–H and O–H groups in total. The van der Waals surface area contributed by atoms with Crippen molar-refractivity contribution in [2.75, 3.05) is 26.6 Å². The molecule has 0 aliphatic carbocycles. The fourth-order valence-corrected chi connectivity index (χ4v) is 12.4. The lowest BCUT2D eigenvalue weighted by atomic mass is 10.1. The maximum atomic E-state index is 12.7. The lowest BCUT2D eigenvalue weighted by molar-refractivity contribution is -0.385. The summed E-state index contributed by atoms with van der Waals surface area (Å²) in [5.74, 6) is -2.24. The van der Waals surface area contributed by atoms with Crippen molar-refractivity contribution < 1.29 is 98.9 Å². The zero-order chi connectivity index (χ0) is 84.2. The third-order valence-corrected chi connectivity index (χ3v) is 19.3. The molecule has 0 saturated heterocycles. The highest BCUT2D eigenvalue weighted by Crippen LogP contribution is 2.37. The van der Waals surface area contributed by atoms with Crippen molar-refractivity contribution in [1.82, 2.24) is 0 Å². The third kappa shape index (κ3) is 30.3. The molecule has 0 aliphatic rings. The van der Waals surface area contributed by atoms with Crippen LogP contribution in [-0.4, -0.2) is 89.4 Å². The molecular formula is C74H61Cl5N8O24S3. The number of sulfonamides is 2. The molecule has 0 amide bonds. The first-order valence-electron chi connectivity index (χ1n) is 31.8. The number of carbonyl (C=O) groups is 4. The van der Waals surface area contributed by atoms with Gasteiger partial charge in [-0.15, -0.1) is 0 Å². The van der Waals surface area contributed by atoms with Crippen LogP contribution >= 0.6 is 57.1 Å². The predicted molar refractivity (Wildman–Crippen MR) is 426 cm³/mol. The SMILES string of the molecule is Nc1cc([N+](=O)[O-])ccc1Cl.Nc1cc([N+](=O)[O-])ccc1Oc1cccc(CC(=O)O)c1.Nc1ccc(Oc2cccc(CC(=O)O)c2)c(NS(=O)(=O)c2ccc(Cl)cc2)c1.O=C(O)Cc1cccc(O)c1.O=C(O)Cc1cccc(Oc2ccc([N+](=O)[O-])cc2NS(=O)(=O)c2ccc(Cl)cc2)c1.O=S(=O)(Cl)c1ccc(Cl)cc1. The first-order chi connectivity index (χ1) is 53.6. The van der Waals surface area contributed by atoms with Crippen molar-refractivity contribution in [2.45, 2.75) is 40.4 Å². The van der Waals surface area contributed by atoms with Crippen LogP contribution in [0.25, 0.3) is 0 Å². The van der Waals surface area contributed by atoms with Crippen molar-refractivity contribution in [3.8, 4) is 40.2 Å². The number of hydrogen-bond donors (Lipinski definition) is 10. The Balaban J connectivity index is 0.000000224. The van der Waals surface area contributed by atoms with Gasteiger partial charge in [-0.25, -0.2) is 25.3 Å². The minimum Gasteiger partial charge on any atom is -0.508 e. The van der Waals surface area contributed by atoms with Gasteiger partial charge < -0.3 is 56.9 Å². The van der Waals surface area contributed by atoms with Crippen LogP contribution in [-0.2, 0) is 74.0 Å². The molecule has 594 valence electrons. The van der Waals surface area contributed by atoms with Crippen molar-refractivity contribution in [3.63, 3.8) is 0 Å². The Morgan fingerprint density at radius 1 is 0.377 bits per heavy atom. The highest BCUT2D eigenvalue weighted by molar-refractivity contribution is 8.13. The Morgan fingerprint density at radius 2 is 0.693 bits per heavy atom. The zero-order valence-corrected chi connectivity index (χ0v) is 64.3. The summed E-state index contributed by atoms with van der Waals surface area (Å²) in [4.78, 5) is 72.9. The monoisotopic (exact) mass is 1720 g/mol. The maximum Gasteiger partial charge on any atom is 0.307 e.